The minimum atomic E-state index is -1.02. The lowest BCUT2D eigenvalue weighted by Crippen LogP contribution is -2.43. The van der Waals surface area contributed by atoms with Crippen LogP contribution in [0.25, 0.3) is 0 Å². The van der Waals surface area contributed by atoms with Crippen LogP contribution >= 0.6 is 0 Å². The number of rotatable bonds is 3. The summed E-state index contributed by atoms with van der Waals surface area (Å²) in [5, 5.41) is 28.6. The molecule has 1 fully saturated rings. The minimum absolute atomic E-state index is 0.119. The van der Waals surface area contributed by atoms with E-state index in [1.54, 1.807) is 18.6 Å². The summed E-state index contributed by atoms with van der Waals surface area (Å²) < 4.78 is 0. The third-order valence-electron chi connectivity index (χ3n) is 3.38. The second kappa shape index (κ2) is 5.41. The largest absolute Gasteiger partial charge is 0.481 e. The Kier molecular flexibility index (Phi) is 3.88. The molecule has 3 N–H and O–H groups in total. The number of aliphatic hydroxyl groups excluding tert-OH is 2. The number of carboxylic acids is 1. The van der Waals surface area contributed by atoms with E-state index in [4.69, 9.17) is 5.11 Å². The van der Waals surface area contributed by atoms with Crippen LogP contribution in [-0.4, -0.2) is 43.5 Å². The highest BCUT2D eigenvalue weighted by Crippen LogP contribution is 2.33. The summed E-state index contributed by atoms with van der Waals surface area (Å²) in [5.74, 6) is -2.20. The summed E-state index contributed by atoms with van der Waals surface area (Å²) in [4.78, 5) is 19.2. The van der Waals surface area contributed by atoms with Crippen molar-refractivity contribution in [2.75, 3.05) is 0 Å². The standard InChI is InChI=1S/C12H16N2O4/c15-9-4-7(3-8-6-13-1-2-14-8)11(12(17)18)10(16)5-9/h1-2,6-7,9-11,15-16H,3-5H2,(H,17,18). The molecule has 98 valence electrons. The topological polar surface area (TPSA) is 104 Å². The van der Waals surface area contributed by atoms with Crippen LogP contribution in [0.2, 0.25) is 0 Å². The average molecular weight is 252 g/mol. The number of hydrogen-bond donors (Lipinski definition) is 3. The van der Waals surface area contributed by atoms with Gasteiger partial charge in [0.15, 0.2) is 0 Å². The van der Waals surface area contributed by atoms with Crippen LogP contribution in [0.4, 0.5) is 0 Å². The van der Waals surface area contributed by atoms with E-state index in [0.29, 0.717) is 18.5 Å². The molecule has 6 heteroatoms. The summed E-state index contributed by atoms with van der Waals surface area (Å²) in [5.41, 5.74) is 0.676. The number of nitrogens with zero attached hydrogens (tertiary/aromatic N) is 2. The van der Waals surface area contributed by atoms with Crippen LogP contribution in [0.15, 0.2) is 18.6 Å². The van der Waals surface area contributed by atoms with Gasteiger partial charge in [-0.25, -0.2) is 0 Å². The van der Waals surface area contributed by atoms with E-state index in [2.05, 4.69) is 9.97 Å². The van der Waals surface area contributed by atoms with Crippen LogP contribution in [-0.2, 0) is 11.2 Å². The molecule has 0 aromatic carbocycles. The summed E-state index contributed by atoms with van der Waals surface area (Å²) in [6.07, 6.45) is 3.89. The molecule has 1 aliphatic carbocycles. The molecule has 1 heterocycles. The van der Waals surface area contributed by atoms with E-state index in [-0.39, 0.29) is 12.3 Å². The molecule has 0 aliphatic heterocycles. The molecule has 0 saturated heterocycles. The normalized spacial score (nSPS) is 32.1. The highest BCUT2D eigenvalue weighted by molar-refractivity contribution is 5.71. The smallest absolute Gasteiger partial charge is 0.309 e. The van der Waals surface area contributed by atoms with E-state index in [9.17, 15) is 15.0 Å². The molecule has 1 aromatic rings. The average Bonchev–Trinajstić information content (AvgIpc) is 2.28. The monoisotopic (exact) mass is 252 g/mol. The predicted molar refractivity (Wildman–Crippen MR) is 61.6 cm³/mol. The van der Waals surface area contributed by atoms with E-state index >= 15 is 0 Å². The maximum absolute atomic E-state index is 11.2. The van der Waals surface area contributed by atoms with Crippen molar-refractivity contribution in [3.8, 4) is 0 Å². The summed E-state index contributed by atoms with van der Waals surface area (Å²) in [6, 6.07) is 0. The number of aliphatic carboxylic acids is 1. The van der Waals surface area contributed by atoms with Gasteiger partial charge in [0.05, 0.1) is 23.8 Å². The maximum Gasteiger partial charge on any atom is 0.309 e. The number of aromatic nitrogens is 2. The highest BCUT2D eigenvalue weighted by atomic mass is 16.4. The van der Waals surface area contributed by atoms with Gasteiger partial charge in [0.1, 0.15) is 0 Å². The lowest BCUT2D eigenvalue weighted by atomic mass is 9.74. The quantitative estimate of drug-likeness (QED) is 0.691. The summed E-state index contributed by atoms with van der Waals surface area (Å²) in [6.45, 7) is 0. The van der Waals surface area contributed by atoms with Gasteiger partial charge in [-0.2, -0.15) is 0 Å². The Balaban J connectivity index is 2.14. The Morgan fingerprint density at radius 3 is 2.72 bits per heavy atom. The van der Waals surface area contributed by atoms with Crippen molar-refractivity contribution in [2.24, 2.45) is 11.8 Å². The van der Waals surface area contributed by atoms with Crippen LogP contribution in [0.5, 0.6) is 0 Å². The molecular weight excluding hydrogens is 236 g/mol. The Bertz CT molecular complexity index is 412. The van der Waals surface area contributed by atoms with Gasteiger partial charge in [0.25, 0.3) is 0 Å². The van der Waals surface area contributed by atoms with Gasteiger partial charge < -0.3 is 15.3 Å². The SMILES string of the molecule is O=C(O)C1C(O)CC(O)CC1Cc1cnccn1. The maximum atomic E-state index is 11.2. The summed E-state index contributed by atoms with van der Waals surface area (Å²) in [7, 11) is 0. The molecular formula is C12H16N2O4. The lowest BCUT2D eigenvalue weighted by molar-refractivity contribution is -0.153. The fourth-order valence-electron chi connectivity index (χ4n) is 2.61. The van der Waals surface area contributed by atoms with Crippen molar-refractivity contribution >= 4 is 5.97 Å². The Morgan fingerprint density at radius 2 is 2.11 bits per heavy atom. The molecule has 1 aromatic heterocycles. The van der Waals surface area contributed by atoms with Crippen LogP contribution < -0.4 is 0 Å². The zero-order valence-corrected chi connectivity index (χ0v) is 9.81. The van der Waals surface area contributed by atoms with Gasteiger partial charge in [-0.15, -0.1) is 0 Å². The van der Waals surface area contributed by atoms with Crippen molar-refractivity contribution in [3.05, 3.63) is 24.3 Å². The van der Waals surface area contributed by atoms with Crippen LogP contribution in [0, 0.1) is 11.8 Å². The molecule has 6 nitrogen and oxygen atoms in total. The first kappa shape index (κ1) is 12.9. The van der Waals surface area contributed by atoms with Gasteiger partial charge in [-0.05, 0) is 18.8 Å². The number of hydrogen-bond acceptors (Lipinski definition) is 5. The van der Waals surface area contributed by atoms with Gasteiger partial charge in [-0.1, -0.05) is 0 Å². The molecule has 18 heavy (non-hydrogen) atoms. The molecule has 0 bridgehead atoms. The molecule has 0 radical (unpaired) electrons. The first-order chi connectivity index (χ1) is 8.58. The third-order valence-corrected chi connectivity index (χ3v) is 3.38. The van der Waals surface area contributed by atoms with Crippen molar-refractivity contribution in [2.45, 2.75) is 31.5 Å². The van der Waals surface area contributed by atoms with Crippen LogP contribution in [0.1, 0.15) is 18.5 Å². The number of carboxylic acid groups (broad SMARTS) is 1. The molecule has 4 unspecified atom stereocenters. The lowest BCUT2D eigenvalue weighted by Gasteiger charge is -2.35. The second-order valence-electron chi connectivity index (χ2n) is 4.72. The molecule has 1 saturated carbocycles. The first-order valence-corrected chi connectivity index (χ1v) is 5.91. The molecule has 1 aliphatic rings. The van der Waals surface area contributed by atoms with Crippen LogP contribution in [0.3, 0.4) is 0 Å². The van der Waals surface area contributed by atoms with Gasteiger partial charge in [0, 0.05) is 25.0 Å². The first-order valence-electron chi connectivity index (χ1n) is 5.91. The fraction of sp³-hybridized carbons (Fsp3) is 0.583. The second-order valence-corrected chi connectivity index (χ2v) is 4.72. The Morgan fingerprint density at radius 1 is 1.33 bits per heavy atom. The van der Waals surface area contributed by atoms with E-state index in [1.165, 1.54) is 0 Å². The molecule has 2 rings (SSSR count). The van der Waals surface area contributed by atoms with Gasteiger partial charge in [0.2, 0.25) is 0 Å². The number of aliphatic hydroxyl groups is 2. The van der Waals surface area contributed by atoms with Crippen molar-refractivity contribution in [1.82, 2.24) is 9.97 Å². The van der Waals surface area contributed by atoms with Crippen molar-refractivity contribution < 1.29 is 20.1 Å². The zero-order valence-electron chi connectivity index (χ0n) is 9.81. The van der Waals surface area contributed by atoms with Crippen molar-refractivity contribution in [3.63, 3.8) is 0 Å². The molecule has 4 atom stereocenters. The molecule has 0 amide bonds. The van der Waals surface area contributed by atoms with E-state index in [1.807, 2.05) is 0 Å². The van der Waals surface area contributed by atoms with Crippen molar-refractivity contribution in [1.29, 1.82) is 0 Å². The Hall–Kier alpha value is -1.53. The van der Waals surface area contributed by atoms with Gasteiger partial charge in [-0.3, -0.25) is 14.8 Å². The number of carbonyl (C=O) groups is 1. The van der Waals surface area contributed by atoms with E-state index < -0.39 is 24.1 Å². The predicted octanol–water partition coefficient (Wildman–Crippen LogP) is -0.148. The highest BCUT2D eigenvalue weighted by Gasteiger charge is 2.40. The zero-order chi connectivity index (χ0) is 13.1. The fourth-order valence-corrected chi connectivity index (χ4v) is 2.61. The summed E-state index contributed by atoms with van der Waals surface area (Å²) >= 11 is 0. The minimum Gasteiger partial charge on any atom is -0.481 e. The van der Waals surface area contributed by atoms with E-state index in [0.717, 1.165) is 0 Å². The molecule has 0 spiro atoms. The Labute approximate surface area is 104 Å². The third kappa shape index (κ3) is 2.83. The van der Waals surface area contributed by atoms with Gasteiger partial charge >= 0.3 is 5.97 Å².